The van der Waals surface area contributed by atoms with Gasteiger partial charge in [0.25, 0.3) is 0 Å². The van der Waals surface area contributed by atoms with E-state index < -0.39 is 0 Å². The standard InChI is InChI=1S/C16H23Cl4N/c1-10-6-8-14(18)16(3,4)12(10)7-5-11(2)13(17)9-21-15(19)20/h12-14H,1-2,5-9H2,3-4H3/t12-,13-,14+/m1/s1. The number of hydrogen-bond donors (Lipinski definition) is 0. The number of halogens is 4. The Morgan fingerprint density at radius 1 is 1.43 bits per heavy atom. The quantitative estimate of drug-likeness (QED) is 0.293. The van der Waals surface area contributed by atoms with Crippen molar-refractivity contribution in [2.75, 3.05) is 6.54 Å². The van der Waals surface area contributed by atoms with Crippen molar-refractivity contribution in [2.24, 2.45) is 16.3 Å². The fourth-order valence-corrected chi connectivity index (χ4v) is 3.52. The Hall–Kier alpha value is 0.310. The van der Waals surface area contributed by atoms with Gasteiger partial charge in [-0.2, -0.15) is 0 Å². The molecule has 0 aromatic carbocycles. The van der Waals surface area contributed by atoms with Gasteiger partial charge in [0.2, 0.25) is 0 Å². The Morgan fingerprint density at radius 2 is 2.05 bits per heavy atom. The Bertz CT molecular complexity index is 424. The van der Waals surface area contributed by atoms with Crippen LogP contribution in [-0.4, -0.2) is 21.9 Å². The van der Waals surface area contributed by atoms with Gasteiger partial charge in [-0.15, -0.1) is 23.2 Å². The van der Waals surface area contributed by atoms with E-state index >= 15 is 0 Å². The van der Waals surface area contributed by atoms with E-state index in [1.54, 1.807) is 0 Å². The molecular weight excluding hydrogens is 348 g/mol. The van der Waals surface area contributed by atoms with Crippen molar-refractivity contribution in [3.05, 3.63) is 24.3 Å². The SMILES string of the molecule is C=C(CC[C@@H]1C(=C)CC[C@H](Cl)C1(C)C)[C@H](Cl)CN=C(Cl)Cl. The van der Waals surface area contributed by atoms with Crippen LogP contribution in [-0.2, 0) is 0 Å². The molecule has 3 atom stereocenters. The third-order valence-electron chi connectivity index (χ3n) is 4.49. The molecule has 1 aliphatic carbocycles. The lowest BCUT2D eigenvalue weighted by atomic mass is 9.64. The van der Waals surface area contributed by atoms with Gasteiger partial charge in [0.1, 0.15) is 0 Å². The summed E-state index contributed by atoms with van der Waals surface area (Å²) < 4.78 is 0.000207. The number of alkyl halides is 2. The maximum Gasteiger partial charge on any atom is 0.192 e. The molecule has 0 aromatic rings. The highest BCUT2D eigenvalue weighted by atomic mass is 35.5. The Morgan fingerprint density at radius 3 is 2.62 bits per heavy atom. The van der Waals surface area contributed by atoms with Crippen molar-refractivity contribution >= 4 is 51.0 Å². The van der Waals surface area contributed by atoms with Gasteiger partial charge in [-0.3, -0.25) is 4.99 Å². The van der Waals surface area contributed by atoms with Gasteiger partial charge in [0.05, 0.1) is 11.9 Å². The number of rotatable bonds is 6. The van der Waals surface area contributed by atoms with E-state index in [9.17, 15) is 0 Å². The van der Waals surface area contributed by atoms with Crippen LogP contribution in [0.15, 0.2) is 29.3 Å². The molecule has 5 heteroatoms. The monoisotopic (exact) mass is 369 g/mol. The molecule has 1 rings (SSSR count). The van der Waals surface area contributed by atoms with Crippen molar-refractivity contribution < 1.29 is 0 Å². The molecule has 21 heavy (non-hydrogen) atoms. The van der Waals surface area contributed by atoms with E-state index in [1.165, 1.54) is 5.57 Å². The molecule has 1 saturated carbocycles. The number of nitrogens with zero attached hydrogens (tertiary/aromatic N) is 1. The Balaban J connectivity index is 2.58. The minimum Gasteiger partial charge on any atom is -0.261 e. The summed E-state index contributed by atoms with van der Waals surface area (Å²) in [5, 5.41) is -0.0583. The summed E-state index contributed by atoms with van der Waals surface area (Å²) in [6.07, 6.45) is 3.81. The summed E-state index contributed by atoms with van der Waals surface area (Å²) in [7, 11) is 0. The van der Waals surface area contributed by atoms with Gasteiger partial charge >= 0.3 is 0 Å². The molecule has 0 heterocycles. The van der Waals surface area contributed by atoms with E-state index in [-0.39, 0.29) is 20.8 Å². The minimum absolute atomic E-state index is 0.000207. The first-order valence-electron chi connectivity index (χ1n) is 7.15. The molecule has 0 spiro atoms. The number of hydrogen-bond acceptors (Lipinski definition) is 1. The van der Waals surface area contributed by atoms with Gasteiger partial charge in [0, 0.05) is 5.38 Å². The molecule has 0 radical (unpaired) electrons. The van der Waals surface area contributed by atoms with Crippen LogP contribution in [0.1, 0.15) is 39.5 Å². The minimum atomic E-state index is -0.246. The fourth-order valence-electron chi connectivity index (χ4n) is 2.94. The summed E-state index contributed by atoms with van der Waals surface area (Å²) in [6.45, 7) is 13.1. The van der Waals surface area contributed by atoms with Gasteiger partial charge in [0.15, 0.2) is 4.63 Å². The molecular formula is C16H23Cl4N. The molecule has 0 unspecified atom stereocenters. The van der Waals surface area contributed by atoms with Crippen molar-refractivity contribution in [3.63, 3.8) is 0 Å². The van der Waals surface area contributed by atoms with Crippen LogP contribution in [0.2, 0.25) is 0 Å². The highest BCUT2D eigenvalue weighted by Gasteiger charge is 2.40. The van der Waals surface area contributed by atoms with Gasteiger partial charge < -0.3 is 0 Å². The van der Waals surface area contributed by atoms with E-state index in [0.29, 0.717) is 12.5 Å². The maximum absolute atomic E-state index is 6.49. The summed E-state index contributed by atoms with van der Waals surface area (Å²) in [5.74, 6) is 0.398. The van der Waals surface area contributed by atoms with E-state index in [2.05, 4.69) is 32.0 Å². The van der Waals surface area contributed by atoms with Crippen LogP contribution in [0.25, 0.3) is 0 Å². The second kappa shape index (κ2) is 8.24. The van der Waals surface area contributed by atoms with Crippen LogP contribution < -0.4 is 0 Å². The molecule has 0 saturated heterocycles. The average Bonchev–Trinajstić information content (AvgIpc) is 2.40. The van der Waals surface area contributed by atoms with Crippen molar-refractivity contribution in [3.8, 4) is 0 Å². The van der Waals surface area contributed by atoms with Crippen LogP contribution in [0.5, 0.6) is 0 Å². The summed E-state index contributed by atoms with van der Waals surface area (Å²) in [5.41, 5.74) is 2.30. The first kappa shape index (κ1) is 19.4. The first-order chi connectivity index (χ1) is 9.66. The van der Waals surface area contributed by atoms with Gasteiger partial charge in [-0.25, -0.2) is 0 Å². The summed E-state index contributed by atoms with van der Waals surface area (Å²) in [6, 6.07) is 0. The second-order valence-electron chi connectivity index (χ2n) is 6.28. The second-order valence-corrected chi connectivity index (χ2v) is 8.25. The summed E-state index contributed by atoms with van der Waals surface area (Å²) in [4.78, 5) is 3.91. The Labute approximate surface area is 148 Å². The molecule has 1 fully saturated rings. The Kier molecular flexibility index (Phi) is 7.60. The van der Waals surface area contributed by atoms with E-state index in [1.807, 2.05) is 0 Å². The molecule has 0 bridgehead atoms. The predicted octanol–water partition coefficient (Wildman–Crippen LogP) is 6.36. The molecule has 0 aromatic heterocycles. The van der Waals surface area contributed by atoms with Gasteiger partial charge in [-0.1, -0.05) is 38.2 Å². The first-order valence-corrected chi connectivity index (χ1v) is 8.78. The van der Waals surface area contributed by atoms with Crippen LogP contribution in [0, 0.1) is 11.3 Å². The van der Waals surface area contributed by atoms with E-state index in [0.717, 1.165) is 31.3 Å². The molecule has 0 amide bonds. The lowest BCUT2D eigenvalue weighted by molar-refractivity contribution is 0.186. The summed E-state index contributed by atoms with van der Waals surface area (Å²) >= 11 is 23.7. The fraction of sp³-hybridized carbons (Fsp3) is 0.688. The van der Waals surface area contributed by atoms with Gasteiger partial charge in [-0.05, 0) is 60.2 Å². The number of aliphatic imine (C=N–C) groups is 1. The topological polar surface area (TPSA) is 12.4 Å². The normalized spacial score (nSPS) is 26.3. The lowest BCUT2D eigenvalue weighted by Crippen LogP contribution is -2.38. The van der Waals surface area contributed by atoms with Crippen molar-refractivity contribution in [1.82, 2.24) is 0 Å². The molecule has 0 aliphatic heterocycles. The lowest BCUT2D eigenvalue weighted by Gasteiger charge is -2.44. The zero-order valence-electron chi connectivity index (χ0n) is 12.6. The van der Waals surface area contributed by atoms with E-state index in [4.69, 9.17) is 46.4 Å². The number of allylic oxidation sites excluding steroid dienone is 1. The molecule has 1 nitrogen and oxygen atoms in total. The van der Waals surface area contributed by atoms with Crippen LogP contribution in [0.3, 0.4) is 0 Å². The zero-order chi connectivity index (χ0) is 16.2. The average molecular weight is 371 g/mol. The van der Waals surface area contributed by atoms with Crippen LogP contribution in [0.4, 0.5) is 0 Å². The van der Waals surface area contributed by atoms with Crippen molar-refractivity contribution in [1.29, 1.82) is 0 Å². The highest BCUT2D eigenvalue weighted by Crippen LogP contribution is 2.48. The predicted molar refractivity (Wildman–Crippen MR) is 97.3 cm³/mol. The molecule has 120 valence electrons. The molecule has 0 N–H and O–H groups in total. The van der Waals surface area contributed by atoms with Crippen LogP contribution >= 0.6 is 46.4 Å². The third kappa shape index (κ3) is 5.46. The largest absolute Gasteiger partial charge is 0.261 e. The highest BCUT2D eigenvalue weighted by molar-refractivity contribution is 6.95. The molecule has 1 aliphatic rings. The zero-order valence-corrected chi connectivity index (χ0v) is 15.7. The smallest absolute Gasteiger partial charge is 0.192 e. The van der Waals surface area contributed by atoms with Crippen molar-refractivity contribution in [2.45, 2.75) is 50.3 Å². The maximum atomic E-state index is 6.49. The third-order valence-corrected chi connectivity index (χ3v) is 5.95.